The molecule has 3 aromatic rings. The van der Waals surface area contributed by atoms with Gasteiger partial charge >= 0.3 is 0 Å². The fourth-order valence-electron chi connectivity index (χ4n) is 2.92. The SMILES string of the molecule is O=C(NCc1nnc2n1CCCC2)c1cnc(Nc2ccccc2)nc1. The van der Waals surface area contributed by atoms with Gasteiger partial charge in [-0.05, 0) is 25.0 Å². The standard InChI is InChI=1S/C18H19N7O/c26-17(19-12-16-24-23-15-8-4-5-9-25(15)16)13-10-20-18(21-11-13)22-14-6-2-1-3-7-14/h1-3,6-7,10-11H,4-5,8-9,12H2,(H,19,26)(H,20,21,22). The third-order valence-electron chi connectivity index (χ3n) is 4.29. The van der Waals surface area contributed by atoms with E-state index in [9.17, 15) is 4.79 Å². The number of amides is 1. The fourth-order valence-corrected chi connectivity index (χ4v) is 2.92. The molecule has 8 nitrogen and oxygen atoms in total. The minimum atomic E-state index is -0.232. The normalized spacial score (nSPS) is 13.1. The van der Waals surface area contributed by atoms with Crippen LogP contribution in [0, 0.1) is 0 Å². The molecule has 1 aliphatic rings. The van der Waals surface area contributed by atoms with Crippen molar-refractivity contribution in [1.82, 2.24) is 30.0 Å². The molecule has 0 unspecified atom stereocenters. The highest BCUT2D eigenvalue weighted by Gasteiger charge is 2.16. The highest BCUT2D eigenvalue weighted by Crippen LogP contribution is 2.14. The molecule has 0 atom stereocenters. The van der Waals surface area contributed by atoms with Crippen LogP contribution in [0.2, 0.25) is 0 Å². The molecule has 0 radical (unpaired) electrons. The molecule has 0 saturated carbocycles. The van der Waals surface area contributed by atoms with Gasteiger partial charge in [0.15, 0.2) is 5.82 Å². The summed E-state index contributed by atoms with van der Waals surface area (Å²) in [4.78, 5) is 20.7. The molecule has 2 N–H and O–H groups in total. The molecular formula is C18H19N7O. The third kappa shape index (κ3) is 3.53. The summed E-state index contributed by atoms with van der Waals surface area (Å²) in [7, 11) is 0. The minimum absolute atomic E-state index is 0.232. The first-order valence-electron chi connectivity index (χ1n) is 8.63. The van der Waals surface area contributed by atoms with Gasteiger partial charge in [-0.3, -0.25) is 4.79 Å². The van der Waals surface area contributed by atoms with Crippen molar-refractivity contribution >= 4 is 17.5 Å². The summed E-state index contributed by atoms with van der Waals surface area (Å²) in [6, 6.07) is 9.62. The summed E-state index contributed by atoms with van der Waals surface area (Å²) in [5.41, 5.74) is 1.29. The van der Waals surface area contributed by atoms with E-state index in [2.05, 4.69) is 35.4 Å². The number of nitrogens with zero attached hydrogens (tertiary/aromatic N) is 5. The summed E-state index contributed by atoms with van der Waals surface area (Å²) in [6.07, 6.45) is 6.23. The summed E-state index contributed by atoms with van der Waals surface area (Å²) < 4.78 is 2.09. The average Bonchev–Trinajstić information content (AvgIpc) is 3.11. The molecule has 0 saturated heterocycles. The Hall–Kier alpha value is -3.29. The van der Waals surface area contributed by atoms with E-state index in [1.807, 2.05) is 30.3 Å². The van der Waals surface area contributed by atoms with Crippen molar-refractivity contribution < 1.29 is 4.79 Å². The van der Waals surface area contributed by atoms with E-state index < -0.39 is 0 Å². The Balaban J connectivity index is 1.37. The predicted molar refractivity (Wildman–Crippen MR) is 95.9 cm³/mol. The van der Waals surface area contributed by atoms with E-state index in [1.165, 1.54) is 12.4 Å². The fraction of sp³-hybridized carbons (Fsp3) is 0.278. The number of nitrogens with one attached hydrogen (secondary N) is 2. The van der Waals surface area contributed by atoms with E-state index in [0.29, 0.717) is 18.1 Å². The van der Waals surface area contributed by atoms with E-state index in [-0.39, 0.29) is 5.91 Å². The molecule has 2 aromatic heterocycles. The first-order valence-corrected chi connectivity index (χ1v) is 8.63. The van der Waals surface area contributed by atoms with Crippen LogP contribution in [0.4, 0.5) is 11.6 Å². The molecule has 0 fully saturated rings. The lowest BCUT2D eigenvalue weighted by Crippen LogP contribution is -2.26. The van der Waals surface area contributed by atoms with Gasteiger partial charge in [0, 0.05) is 31.0 Å². The van der Waals surface area contributed by atoms with Crippen LogP contribution in [0.15, 0.2) is 42.7 Å². The van der Waals surface area contributed by atoms with Crippen LogP contribution in [-0.4, -0.2) is 30.6 Å². The zero-order chi connectivity index (χ0) is 17.8. The Morgan fingerprint density at radius 2 is 1.88 bits per heavy atom. The number of hydrogen-bond donors (Lipinski definition) is 2. The Morgan fingerprint density at radius 3 is 2.69 bits per heavy atom. The minimum Gasteiger partial charge on any atom is -0.345 e. The highest BCUT2D eigenvalue weighted by atomic mass is 16.1. The number of para-hydroxylation sites is 1. The smallest absolute Gasteiger partial charge is 0.254 e. The van der Waals surface area contributed by atoms with Crippen molar-refractivity contribution in [2.75, 3.05) is 5.32 Å². The van der Waals surface area contributed by atoms with Gasteiger partial charge in [-0.25, -0.2) is 9.97 Å². The maximum Gasteiger partial charge on any atom is 0.254 e. The van der Waals surface area contributed by atoms with Crippen molar-refractivity contribution in [1.29, 1.82) is 0 Å². The van der Waals surface area contributed by atoms with Gasteiger partial charge in [-0.1, -0.05) is 18.2 Å². The number of aromatic nitrogens is 5. The monoisotopic (exact) mass is 349 g/mol. The molecule has 1 aliphatic heterocycles. The topological polar surface area (TPSA) is 97.6 Å². The molecule has 26 heavy (non-hydrogen) atoms. The molecular weight excluding hydrogens is 330 g/mol. The number of rotatable bonds is 5. The Bertz CT molecular complexity index is 890. The molecule has 4 rings (SSSR count). The van der Waals surface area contributed by atoms with Crippen LogP contribution in [0.3, 0.4) is 0 Å². The average molecular weight is 349 g/mol. The van der Waals surface area contributed by atoms with Gasteiger partial charge in [-0.2, -0.15) is 0 Å². The van der Waals surface area contributed by atoms with Crippen molar-refractivity contribution in [3.05, 3.63) is 59.9 Å². The highest BCUT2D eigenvalue weighted by molar-refractivity contribution is 5.93. The summed E-state index contributed by atoms with van der Waals surface area (Å²) in [6.45, 7) is 1.26. The first-order chi connectivity index (χ1) is 12.8. The molecule has 1 aromatic carbocycles. The molecule has 132 valence electrons. The summed E-state index contributed by atoms with van der Waals surface area (Å²) in [5.74, 6) is 2.00. The van der Waals surface area contributed by atoms with Gasteiger partial charge in [0.2, 0.25) is 5.95 Å². The second-order valence-corrected chi connectivity index (χ2v) is 6.11. The maximum absolute atomic E-state index is 12.3. The first kappa shape index (κ1) is 16.2. The van der Waals surface area contributed by atoms with Crippen LogP contribution >= 0.6 is 0 Å². The number of carbonyl (C=O) groups excluding carboxylic acids is 1. The zero-order valence-electron chi connectivity index (χ0n) is 14.2. The van der Waals surface area contributed by atoms with Crippen molar-refractivity contribution in [2.45, 2.75) is 32.4 Å². The number of aryl methyl sites for hydroxylation is 1. The lowest BCUT2D eigenvalue weighted by atomic mass is 10.2. The molecule has 1 amide bonds. The molecule has 0 spiro atoms. The number of anilines is 2. The third-order valence-corrected chi connectivity index (χ3v) is 4.29. The lowest BCUT2D eigenvalue weighted by molar-refractivity contribution is 0.0948. The molecule has 8 heteroatoms. The second-order valence-electron chi connectivity index (χ2n) is 6.11. The molecule has 0 aliphatic carbocycles. The van der Waals surface area contributed by atoms with E-state index >= 15 is 0 Å². The second kappa shape index (κ2) is 7.30. The number of carbonyl (C=O) groups is 1. The predicted octanol–water partition coefficient (Wildman–Crippen LogP) is 2.08. The quantitative estimate of drug-likeness (QED) is 0.732. The number of benzene rings is 1. The molecule has 3 heterocycles. The van der Waals surface area contributed by atoms with Gasteiger partial charge < -0.3 is 15.2 Å². The summed E-state index contributed by atoms with van der Waals surface area (Å²) in [5, 5.41) is 14.3. The van der Waals surface area contributed by atoms with E-state index in [0.717, 1.165) is 43.1 Å². The van der Waals surface area contributed by atoms with Crippen LogP contribution < -0.4 is 10.6 Å². The van der Waals surface area contributed by atoms with Crippen LogP contribution in [0.25, 0.3) is 0 Å². The Labute approximate surface area is 150 Å². The Morgan fingerprint density at radius 1 is 1.08 bits per heavy atom. The van der Waals surface area contributed by atoms with Crippen molar-refractivity contribution in [2.24, 2.45) is 0 Å². The van der Waals surface area contributed by atoms with Gasteiger partial charge in [0.1, 0.15) is 5.82 Å². The molecule has 0 bridgehead atoms. The summed E-state index contributed by atoms with van der Waals surface area (Å²) >= 11 is 0. The van der Waals surface area contributed by atoms with Gasteiger partial charge in [0.25, 0.3) is 5.91 Å². The number of hydrogen-bond acceptors (Lipinski definition) is 6. The van der Waals surface area contributed by atoms with Crippen LogP contribution in [0.1, 0.15) is 34.8 Å². The van der Waals surface area contributed by atoms with Gasteiger partial charge in [0.05, 0.1) is 12.1 Å². The van der Waals surface area contributed by atoms with Crippen molar-refractivity contribution in [3.8, 4) is 0 Å². The van der Waals surface area contributed by atoms with E-state index in [1.54, 1.807) is 0 Å². The lowest BCUT2D eigenvalue weighted by Gasteiger charge is -2.14. The van der Waals surface area contributed by atoms with Gasteiger partial charge in [-0.15, -0.1) is 10.2 Å². The number of fused-ring (bicyclic) bond motifs is 1. The van der Waals surface area contributed by atoms with Crippen LogP contribution in [0.5, 0.6) is 0 Å². The van der Waals surface area contributed by atoms with Crippen molar-refractivity contribution in [3.63, 3.8) is 0 Å². The van der Waals surface area contributed by atoms with E-state index in [4.69, 9.17) is 0 Å². The Kier molecular flexibility index (Phi) is 4.55. The maximum atomic E-state index is 12.3. The largest absolute Gasteiger partial charge is 0.345 e. The zero-order valence-corrected chi connectivity index (χ0v) is 14.2. The van der Waals surface area contributed by atoms with Crippen LogP contribution in [-0.2, 0) is 19.5 Å².